The number of carbonyl (C=O) groups excluding carboxylic acids is 4. The van der Waals surface area contributed by atoms with E-state index in [4.69, 9.17) is 4.74 Å². The highest BCUT2D eigenvalue weighted by molar-refractivity contribution is 7.90. The van der Waals surface area contributed by atoms with Crippen molar-refractivity contribution in [1.29, 1.82) is 0 Å². The van der Waals surface area contributed by atoms with Crippen LogP contribution in [0.2, 0.25) is 0 Å². The number of alkyl carbamates (subject to hydrolysis) is 1. The van der Waals surface area contributed by atoms with Crippen molar-refractivity contribution in [2.45, 2.75) is 102 Å². The van der Waals surface area contributed by atoms with Crippen LogP contribution in [-0.2, 0) is 35.6 Å². The number of nitrogens with one attached hydrogen (secondary N) is 3. The van der Waals surface area contributed by atoms with Crippen molar-refractivity contribution >= 4 is 33.8 Å². The molecule has 1 saturated carbocycles. The van der Waals surface area contributed by atoms with Gasteiger partial charge in [0.15, 0.2) is 0 Å². The molecule has 3 aliphatic rings. The maximum absolute atomic E-state index is 13.7. The molecule has 236 valence electrons. The fourth-order valence-corrected chi connectivity index (χ4v) is 6.79. The van der Waals surface area contributed by atoms with Crippen LogP contribution in [0, 0.1) is 5.92 Å². The number of hydrogen-bond donors (Lipinski definition) is 3. The molecule has 2 heterocycles. The van der Waals surface area contributed by atoms with Gasteiger partial charge in [-0.25, -0.2) is 13.2 Å². The van der Waals surface area contributed by atoms with E-state index >= 15 is 0 Å². The van der Waals surface area contributed by atoms with Gasteiger partial charge in [0, 0.05) is 12.5 Å². The highest BCUT2D eigenvalue weighted by Crippen LogP contribution is 2.45. The lowest BCUT2D eigenvalue weighted by atomic mass is 10.0. The molecule has 11 nitrogen and oxygen atoms in total. The average molecular weight is 617 g/mol. The molecule has 4 rings (SSSR count). The summed E-state index contributed by atoms with van der Waals surface area (Å²) in [6.07, 6.45) is 8.10. The molecule has 1 aromatic rings. The van der Waals surface area contributed by atoms with Crippen molar-refractivity contribution < 1.29 is 32.3 Å². The molecule has 1 saturated heterocycles. The Morgan fingerprint density at radius 1 is 1.07 bits per heavy atom. The number of sulfonamides is 1. The number of nitrogens with zero attached hydrogens (tertiary/aromatic N) is 1. The van der Waals surface area contributed by atoms with Crippen molar-refractivity contribution in [2.75, 3.05) is 12.3 Å². The van der Waals surface area contributed by atoms with Crippen LogP contribution in [0.3, 0.4) is 0 Å². The summed E-state index contributed by atoms with van der Waals surface area (Å²) in [4.78, 5) is 54.9. The number of allylic oxidation sites excluding steroid dienone is 1. The van der Waals surface area contributed by atoms with Gasteiger partial charge in [-0.3, -0.25) is 19.1 Å². The van der Waals surface area contributed by atoms with Crippen LogP contribution in [-0.4, -0.2) is 72.7 Å². The van der Waals surface area contributed by atoms with Gasteiger partial charge in [0.05, 0.1) is 5.75 Å². The van der Waals surface area contributed by atoms with Gasteiger partial charge in [0.1, 0.15) is 23.2 Å². The second kappa shape index (κ2) is 13.5. The minimum Gasteiger partial charge on any atom is -0.444 e. The van der Waals surface area contributed by atoms with Gasteiger partial charge in [-0.1, -0.05) is 55.3 Å². The Hall–Kier alpha value is -3.41. The van der Waals surface area contributed by atoms with E-state index in [1.54, 1.807) is 20.8 Å². The monoisotopic (exact) mass is 616 g/mol. The van der Waals surface area contributed by atoms with Crippen molar-refractivity contribution in [3.63, 3.8) is 0 Å². The molecule has 1 aromatic carbocycles. The third-order valence-corrected chi connectivity index (χ3v) is 9.31. The SMILES string of the molecule is CC(C)(C)OC(=O)N[C@H]1CCCCC/C=C\[C@@H]2C[C@@]2(C(=O)NS(=O)(=O)CCc2ccccc2)NC(=O)[C@@H]2CCCN2C1=O. The van der Waals surface area contributed by atoms with E-state index in [1.807, 2.05) is 42.5 Å². The van der Waals surface area contributed by atoms with E-state index in [0.29, 0.717) is 32.2 Å². The predicted octanol–water partition coefficient (Wildman–Crippen LogP) is 2.95. The molecule has 2 aliphatic heterocycles. The fraction of sp³-hybridized carbons (Fsp3) is 0.613. The lowest BCUT2D eigenvalue weighted by Gasteiger charge is -2.30. The van der Waals surface area contributed by atoms with Crippen LogP contribution in [0.15, 0.2) is 42.5 Å². The lowest BCUT2D eigenvalue weighted by molar-refractivity contribution is -0.141. The first kappa shape index (κ1) is 32.5. The number of fused-ring (bicyclic) bond motifs is 2. The van der Waals surface area contributed by atoms with E-state index in [9.17, 15) is 27.6 Å². The van der Waals surface area contributed by atoms with Crippen LogP contribution < -0.4 is 15.4 Å². The third kappa shape index (κ3) is 8.81. The highest BCUT2D eigenvalue weighted by atomic mass is 32.2. The molecular formula is C31H44N4O7S. The maximum atomic E-state index is 13.7. The smallest absolute Gasteiger partial charge is 0.408 e. The number of hydrogen-bond acceptors (Lipinski definition) is 7. The molecule has 0 bridgehead atoms. The van der Waals surface area contributed by atoms with E-state index in [0.717, 1.165) is 24.8 Å². The van der Waals surface area contributed by atoms with Crippen molar-refractivity contribution in [3.8, 4) is 0 Å². The predicted molar refractivity (Wildman–Crippen MR) is 161 cm³/mol. The number of rotatable bonds is 6. The first-order valence-corrected chi connectivity index (χ1v) is 16.8. The molecule has 4 atom stereocenters. The molecule has 12 heteroatoms. The van der Waals surface area contributed by atoms with E-state index < -0.39 is 51.2 Å². The maximum Gasteiger partial charge on any atom is 0.408 e. The molecule has 0 radical (unpaired) electrons. The van der Waals surface area contributed by atoms with Gasteiger partial charge in [-0.2, -0.15) is 0 Å². The van der Waals surface area contributed by atoms with E-state index in [2.05, 4.69) is 15.4 Å². The lowest BCUT2D eigenvalue weighted by Crippen LogP contribution is -2.58. The van der Waals surface area contributed by atoms with Gasteiger partial charge in [0.25, 0.3) is 5.91 Å². The van der Waals surface area contributed by atoms with Crippen molar-refractivity contribution in [3.05, 3.63) is 48.0 Å². The third-order valence-electron chi connectivity index (χ3n) is 8.08. The molecular weight excluding hydrogens is 572 g/mol. The molecule has 4 amide bonds. The van der Waals surface area contributed by atoms with Crippen molar-refractivity contribution in [1.82, 2.24) is 20.3 Å². The Kier molecular flexibility index (Phi) is 10.2. The molecule has 1 aliphatic carbocycles. The van der Waals surface area contributed by atoms with Crippen LogP contribution in [0.4, 0.5) is 4.79 Å². The van der Waals surface area contributed by atoms with Crippen molar-refractivity contribution in [2.24, 2.45) is 5.92 Å². The number of amides is 4. The van der Waals surface area contributed by atoms with Crippen LogP contribution in [0.1, 0.15) is 77.7 Å². The zero-order valence-corrected chi connectivity index (χ0v) is 26.1. The second-order valence-corrected chi connectivity index (χ2v) is 14.6. The number of carbonyl (C=O) groups is 4. The number of benzene rings is 1. The number of ether oxygens (including phenoxy) is 1. The summed E-state index contributed by atoms with van der Waals surface area (Å²) in [7, 11) is -3.97. The zero-order chi connectivity index (χ0) is 31.3. The molecule has 0 aromatic heterocycles. The summed E-state index contributed by atoms with van der Waals surface area (Å²) in [5.74, 6) is -2.29. The summed E-state index contributed by atoms with van der Waals surface area (Å²) < 4.78 is 33.3. The highest BCUT2D eigenvalue weighted by Gasteiger charge is 2.61. The Balaban J connectivity index is 1.50. The summed E-state index contributed by atoms with van der Waals surface area (Å²) in [5.41, 5.74) is -1.32. The molecule has 2 fully saturated rings. The minimum atomic E-state index is -3.97. The first-order chi connectivity index (χ1) is 20.3. The Bertz CT molecular complexity index is 1330. The van der Waals surface area contributed by atoms with Crippen LogP contribution in [0.25, 0.3) is 0 Å². The van der Waals surface area contributed by atoms with Crippen LogP contribution >= 0.6 is 0 Å². The van der Waals surface area contributed by atoms with Gasteiger partial charge >= 0.3 is 6.09 Å². The number of aryl methyl sites for hydroxylation is 1. The van der Waals surface area contributed by atoms with Gasteiger partial charge in [-0.05, 0) is 71.3 Å². The zero-order valence-electron chi connectivity index (χ0n) is 25.3. The summed E-state index contributed by atoms with van der Waals surface area (Å²) in [5, 5.41) is 5.55. The standard InChI is InChI=1S/C31H44N4O7S/c1-30(2,3)42-29(39)32-24-16-11-6-4-5-10-15-23-21-31(23,33-26(36)25-17-12-19-35(25)27(24)37)28(38)34-43(40,41)20-18-22-13-8-7-9-14-22/h7-10,13-15,23-25H,4-6,11-12,16-21H2,1-3H3,(H,32,39)(H,33,36)(H,34,38)/b15-10-/t23-,24+,25+,31-/m1/s1. The summed E-state index contributed by atoms with van der Waals surface area (Å²) in [6, 6.07) is 7.42. The topological polar surface area (TPSA) is 151 Å². The van der Waals surface area contributed by atoms with Gasteiger partial charge < -0.3 is 20.3 Å². The van der Waals surface area contributed by atoms with Crippen LogP contribution in [0.5, 0.6) is 0 Å². The van der Waals surface area contributed by atoms with Gasteiger partial charge in [-0.15, -0.1) is 0 Å². The Morgan fingerprint density at radius 3 is 2.53 bits per heavy atom. The largest absolute Gasteiger partial charge is 0.444 e. The molecule has 0 unspecified atom stereocenters. The van der Waals surface area contributed by atoms with E-state index in [1.165, 1.54) is 4.90 Å². The quantitative estimate of drug-likeness (QED) is 0.416. The normalized spacial score (nSPS) is 27.4. The first-order valence-electron chi connectivity index (χ1n) is 15.2. The molecule has 43 heavy (non-hydrogen) atoms. The average Bonchev–Trinajstić information content (AvgIpc) is 3.39. The van der Waals surface area contributed by atoms with E-state index in [-0.39, 0.29) is 30.4 Å². The Labute approximate surface area is 254 Å². The second-order valence-electron chi connectivity index (χ2n) is 12.7. The Morgan fingerprint density at radius 2 is 1.81 bits per heavy atom. The molecule has 3 N–H and O–H groups in total. The minimum absolute atomic E-state index is 0.240. The fourth-order valence-electron chi connectivity index (χ4n) is 5.72. The summed E-state index contributed by atoms with van der Waals surface area (Å²) >= 11 is 0. The molecule has 0 spiro atoms. The van der Waals surface area contributed by atoms with Gasteiger partial charge in [0.2, 0.25) is 21.8 Å². The summed E-state index contributed by atoms with van der Waals surface area (Å²) in [6.45, 7) is 5.56.